The first-order valence-corrected chi connectivity index (χ1v) is 6.39. The van der Waals surface area contributed by atoms with E-state index in [9.17, 15) is 19.6 Å². The van der Waals surface area contributed by atoms with Gasteiger partial charge in [-0.25, -0.2) is 0 Å². The van der Waals surface area contributed by atoms with E-state index in [-0.39, 0.29) is 28.8 Å². The summed E-state index contributed by atoms with van der Waals surface area (Å²) in [6.07, 6.45) is 0.725. The molecule has 0 saturated heterocycles. The van der Waals surface area contributed by atoms with E-state index in [1.54, 1.807) is 0 Å². The zero-order valence-corrected chi connectivity index (χ0v) is 10.5. The van der Waals surface area contributed by atoms with Crippen LogP contribution in [0.15, 0.2) is 12.1 Å². The third-order valence-corrected chi connectivity index (χ3v) is 3.19. The second-order valence-electron chi connectivity index (χ2n) is 3.09. The quantitative estimate of drug-likeness (QED) is 0.437. The maximum absolute atomic E-state index is 10.8. The summed E-state index contributed by atoms with van der Waals surface area (Å²) in [4.78, 5) is 18.7. The van der Waals surface area contributed by atoms with Crippen molar-refractivity contribution in [2.45, 2.75) is 11.2 Å². The van der Waals surface area contributed by atoms with Crippen molar-refractivity contribution in [2.24, 2.45) is 0 Å². The smallest absolute Gasteiger partial charge is 0.507 e. The Morgan fingerprint density at radius 1 is 1.38 bits per heavy atom. The molecule has 1 rings (SSSR count). The van der Waals surface area contributed by atoms with Crippen LogP contribution >= 0.6 is 24.0 Å². The van der Waals surface area contributed by atoms with Crippen molar-refractivity contribution in [1.29, 1.82) is 0 Å². The molecule has 0 aliphatic rings. The van der Waals surface area contributed by atoms with Gasteiger partial charge in [0.2, 0.25) is 5.30 Å². The number of hydrogen-bond donors (Lipinski definition) is 3. The van der Waals surface area contributed by atoms with E-state index in [0.29, 0.717) is 6.29 Å². The molecule has 7 heteroatoms. The van der Waals surface area contributed by atoms with Gasteiger partial charge < -0.3 is 15.0 Å². The predicted octanol–water partition coefficient (Wildman–Crippen LogP) is 0.963. The van der Waals surface area contributed by atoms with Gasteiger partial charge >= 0.3 is 8.03 Å². The molecule has 0 aromatic heterocycles. The van der Waals surface area contributed by atoms with Gasteiger partial charge in [0.05, 0.1) is 4.83 Å². The van der Waals surface area contributed by atoms with Gasteiger partial charge in [-0.3, -0.25) is 0 Å². The molecule has 0 heterocycles. The highest BCUT2D eigenvalue weighted by molar-refractivity contribution is 9.09. The SMILES string of the molecule is O=CC(Br)Cc1c(O)cc([P+](=O)O)cc1O. The third kappa shape index (κ3) is 3.01. The second-order valence-corrected chi connectivity index (χ2v) is 5.33. The highest BCUT2D eigenvalue weighted by atomic mass is 79.9. The highest BCUT2D eigenvalue weighted by Crippen LogP contribution is 2.30. The number of hydrogen-bond acceptors (Lipinski definition) is 4. The fourth-order valence-corrected chi connectivity index (χ4v) is 1.98. The highest BCUT2D eigenvalue weighted by Gasteiger charge is 2.22. The summed E-state index contributed by atoms with van der Waals surface area (Å²) in [7, 11) is -2.62. The number of phenols is 2. The van der Waals surface area contributed by atoms with Gasteiger partial charge in [0.1, 0.15) is 17.8 Å². The summed E-state index contributed by atoms with van der Waals surface area (Å²) in [5.74, 6) is -0.614. The van der Waals surface area contributed by atoms with Crippen molar-refractivity contribution in [3.05, 3.63) is 17.7 Å². The molecule has 0 radical (unpaired) electrons. The second kappa shape index (κ2) is 5.39. The molecule has 1 aromatic rings. The fourth-order valence-electron chi connectivity index (χ4n) is 1.19. The molecular weight excluding hydrogens is 299 g/mol. The average Bonchev–Trinajstić information content (AvgIpc) is 2.22. The normalized spacial score (nSPS) is 13.2. The van der Waals surface area contributed by atoms with Crippen molar-refractivity contribution in [3.63, 3.8) is 0 Å². The maximum Gasteiger partial charge on any atom is 0.546 e. The van der Waals surface area contributed by atoms with E-state index < -0.39 is 12.9 Å². The first kappa shape index (κ1) is 13.1. The monoisotopic (exact) mass is 307 g/mol. The Labute approximate surface area is 101 Å². The summed E-state index contributed by atoms with van der Waals surface area (Å²) < 4.78 is 10.8. The van der Waals surface area contributed by atoms with E-state index in [2.05, 4.69) is 15.9 Å². The van der Waals surface area contributed by atoms with Gasteiger partial charge in [-0.1, -0.05) is 15.9 Å². The molecule has 0 fully saturated rings. The van der Waals surface area contributed by atoms with Crippen molar-refractivity contribution < 1.29 is 24.5 Å². The minimum Gasteiger partial charge on any atom is -0.507 e. The molecule has 5 nitrogen and oxygen atoms in total. The first-order valence-electron chi connectivity index (χ1n) is 4.26. The third-order valence-electron chi connectivity index (χ3n) is 1.96. The van der Waals surface area contributed by atoms with E-state index in [0.717, 1.165) is 12.1 Å². The Hall–Kier alpha value is -0.970. The summed E-state index contributed by atoms with van der Waals surface area (Å²) in [6, 6.07) is 2.19. The molecule has 16 heavy (non-hydrogen) atoms. The summed E-state index contributed by atoms with van der Waals surface area (Å²) >= 11 is 3.03. The molecule has 0 aliphatic heterocycles. The molecule has 0 spiro atoms. The zero-order valence-electron chi connectivity index (χ0n) is 8.00. The van der Waals surface area contributed by atoms with Crippen molar-refractivity contribution >= 4 is 35.5 Å². The van der Waals surface area contributed by atoms with Crippen LogP contribution in [0.1, 0.15) is 5.56 Å². The summed E-state index contributed by atoms with van der Waals surface area (Å²) in [5.41, 5.74) is 0.162. The Morgan fingerprint density at radius 2 is 1.88 bits per heavy atom. The Kier molecular flexibility index (Phi) is 4.41. The Morgan fingerprint density at radius 3 is 2.25 bits per heavy atom. The molecule has 0 bridgehead atoms. The number of carbonyl (C=O) groups excluding carboxylic acids is 1. The Bertz CT molecular complexity index is 411. The van der Waals surface area contributed by atoms with E-state index >= 15 is 0 Å². The van der Waals surface area contributed by atoms with Crippen LogP contribution in [0.25, 0.3) is 0 Å². The van der Waals surface area contributed by atoms with Gasteiger partial charge in [0, 0.05) is 17.7 Å². The van der Waals surface area contributed by atoms with Crippen LogP contribution < -0.4 is 5.30 Å². The minimum absolute atomic E-state index is 0.0639. The number of aldehydes is 1. The number of aromatic hydroxyl groups is 2. The van der Waals surface area contributed by atoms with Gasteiger partial charge in [0.15, 0.2) is 0 Å². The van der Waals surface area contributed by atoms with Crippen LogP contribution in [0.5, 0.6) is 11.5 Å². The summed E-state index contributed by atoms with van der Waals surface area (Å²) in [6.45, 7) is 0. The number of rotatable bonds is 4. The van der Waals surface area contributed by atoms with E-state index in [1.807, 2.05) is 0 Å². The standard InChI is InChI=1S/C9H8BrO5P/c10-5(4-11)1-7-8(12)2-6(16(14)15)3-9(7)13/h2-5H,1H2,(H2-,12,13,14,15)/p+1. The number of alkyl halides is 1. The van der Waals surface area contributed by atoms with Crippen LogP contribution in [0.3, 0.4) is 0 Å². The number of phenolic OH excluding ortho intramolecular Hbond substituents is 2. The molecule has 2 atom stereocenters. The fraction of sp³-hybridized carbons (Fsp3) is 0.222. The lowest BCUT2D eigenvalue weighted by Gasteiger charge is -2.07. The average molecular weight is 308 g/mol. The largest absolute Gasteiger partial charge is 0.546 e. The van der Waals surface area contributed by atoms with Crippen molar-refractivity contribution in [2.75, 3.05) is 0 Å². The zero-order chi connectivity index (χ0) is 12.3. The molecule has 1 aromatic carbocycles. The summed E-state index contributed by atoms with van der Waals surface area (Å²) in [5, 5.41) is 19.0. The van der Waals surface area contributed by atoms with Crippen LogP contribution in [0.4, 0.5) is 0 Å². The molecule has 86 valence electrons. The first-order chi connectivity index (χ1) is 7.45. The number of halogens is 1. The lowest BCUT2D eigenvalue weighted by Crippen LogP contribution is -2.06. The van der Waals surface area contributed by atoms with Gasteiger partial charge in [-0.2, -0.15) is 4.89 Å². The molecule has 2 unspecified atom stereocenters. The van der Waals surface area contributed by atoms with Crippen molar-refractivity contribution in [3.8, 4) is 11.5 Å². The molecular formula is C9H9BrO5P+. The lowest BCUT2D eigenvalue weighted by atomic mass is 10.1. The van der Waals surface area contributed by atoms with E-state index in [4.69, 9.17) is 4.89 Å². The van der Waals surface area contributed by atoms with Crippen molar-refractivity contribution in [1.82, 2.24) is 0 Å². The van der Waals surface area contributed by atoms with Gasteiger partial charge in [0.25, 0.3) is 0 Å². The molecule has 0 aliphatic carbocycles. The molecule has 0 amide bonds. The maximum atomic E-state index is 10.8. The van der Waals surface area contributed by atoms with Gasteiger partial charge in [-0.05, 0) is 11.0 Å². The Balaban J connectivity index is 3.12. The lowest BCUT2D eigenvalue weighted by molar-refractivity contribution is -0.107. The topological polar surface area (TPSA) is 94.8 Å². The molecule has 3 N–H and O–H groups in total. The van der Waals surface area contributed by atoms with Gasteiger partial charge in [-0.15, -0.1) is 0 Å². The van der Waals surface area contributed by atoms with E-state index in [1.165, 1.54) is 0 Å². The van der Waals surface area contributed by atoms with Crippen LogP contribution in [-0.2, 0) is 15.8 Å². The van der Waals surface area contributed by atoms with Crippen LogP contribution in [0.2, 0.25) is 0 Å². The van der Waals surface area contributed by atoms with Crippen LogP contribution in [0, 0.1) is 0 Å². The predicted molar refractivity (Wildman–Crippen MR) is 61.7 cm³/mol. The number of benzene rings is 1. The van der Waals surface area contributed by atoms with Crippen LogP contribution in [-0.4, -0.2) is 26.2 Å². The number of carbonyl (C=O) groups is 1. The minimum atomic E-state index is -2.62. The molecule has 0 saturated carbocycles.